The number of urea groups is 1. The molecule has 1 rings (SSSR count). The Morgan fingerprint density at radius 1 is 1.42 bits per heavy atom. The number of imide groups is 1. The Morgan fingerprint density at radius 2 is 2.16 bits per heavy atom. The zero-order valence-electron chi connectivity index (χ0n) is 10.2. The summed E-state index contributed by atoms with van der Waals surface area (Å²) in [6, 6.07) is -0.706. The summed E-state index contributed by atoms with van der Waals surface area (Å²) in [7, 11) is 1.77. The first-order valence-corrected chi connectivity index (χ1v) is 5.31. The van der Waals surface area contributed by atoms with Crippen molar-refractivity contribution in [3.8, 4) is 0 Å². The minimum absolute atomic E-state index is 0.272. The lowest BCUT2D eigenvalue weighted by Crippen LogP contribution is -2.39. The smallest absolute Gasteiger partial charge is 0.328 e. The van der Waals surface area contributed by atoms with Crippen molar-refractivity contribution in [2.24, 2.45) is 7.05 Å². The fourth-order valence-corrected chi connectivity index (χ4v) is 1.17. The molecule has 1 aromatic rings. The number of hydrogen-bond acceptors (Lipinski definition) is 5. The van der Waals surface area contributed by atoms with Crippen LogP contribution in [-0.4, -0.2) is 44.3 Å². The van der Waals surface area contributed by atoms with Gasteiger partial charge in [-0.25, -0.2) is 9.59 Å². The van der Waals surface area contributed by atoms with Crippen molar-refractivity contribution < 1.29 is 19.5 Å². The number of aryl methyl sites for hydroxylation is 1. The molecule has 3 N–H and O–H groups in total. The van der Waals surface area contributed by atoms with E-state index in [0.717, 1.165) is 6.08 Å². The molecule has 0 aliphatic rings. The number of aromatic nitrogens is 3. The van der Waals surface area contributed by atoms with Crippen molar-refractivity contribution in [1.29, 1.82) is 0 Å². The largest absolute Gasteiger partial charge is 0.478 e. The molecule has 0 fully saturated rings. The summed E-state index contributed by atoms with van der Waals surface area (Å²) in [5, 5.41) is 20.2. The Kier molecular flexibility index (Phi) is 5.20. The average molecular weight is 267 g/mol. The van der Waals surface area contributed by atoms with Gasteiger partial charge in [-0.3, -0.25) is 10.1 Å². The van der Waals surface area contributed by atoms with E-state index in [9.17, 15) is 14.4 Å². The van der Waals surface area contributed by atoms with E-state index < -0.39 is 17.9 Å². The summed E-state index contributed by atoms with van der Waals surface area (Å²) in [4.78, 5) is 32.4. The number of rotatable bonds is 5. The minimum atomic E-state index is -1.27. The molecule has 19 heavy (non-hydrogen) atoms. The summed E-state index contributed by atoms with van der Waals surface area (Å²) >= 11 is 0. The van der Waals surface area contributed by atoms with Crippen molar-refractivity contribution in [3.63, 3.8) is 0 Å². The van der Waals surface area contributed by atoms with Crippen LogP contribution in [0.5, 0.6) is 0 Å². The van der Waals surface area contributed by atoms with Gasteiger partial charge in [-0.05, 0) is 0 Å². The molecule has 102 valence electrons. The lowest BCUT2D eigenvalue weighted by atomic mass is 10.4. The second-order valence-corrected chi connectivity index (χ2v) is 3.52. The third-order valence-corrected chi connectivity index (χ3v) is 2.05. The molecule has 0 unspecified atom stereocenters. The van der Waals surface area contributed by atoms with Gasteiger partial charge in [0.2, 0.25) is 0 Å². The van der Waals surface area contributed by atoms with Gasteiger partial charge in [0.25, 0.3) is 5.91 Å². The first-order chi connectivity index (χ1) is 8.99. The number of carboxylic acids is 1. The van der Waals surface area contributed by atoms with Crippen LogP contribution in [0.4, 0.5) is 4.79 Å². The highest BCUT2D eigenvalue weighted by molar-refractivity contribution is 6.02. The molecule has 0 atom stereocenters. The van der Waals surface area contributed by atoms with Gasteiger partial charge in [0.1, 0.15) is 12.2 Å². The van der Waals surface area contributed by atoms with Crippen molar-refractivity contribution in [2.75, 3.05) is 6.54 Å². The predicted molar refractivity (Wildman–Crippen MR) is 63.0 cm³/mol. The number of carbonyl (C=O) groups is 3. The zero-order chi connectivity index (χ0) is 14.3. The zero-order valence-corrected chi connectivity index (χ0v) is 10.2. The van der Waals surface area contributed by atoms with Gasteiger partial charge in [-0.2, -0.15) is 0 Å². The maximum absolute atomic E-state index is 11.2. The van der Waals surface area contributed by atoms with Crippen molar-refractivity contribution >= 4 is 17.9 Å². The molecule has 0 radical (unpaired) electrons. The van der Waals surface area contributed by atoms with Gasteiger partial charge in [-0.1, -0.05) is 0 Å². The second-order valence-electron chi connectivity index (χ2n) is 3.52. The standard InChI is InChI=1S/C10H13N5O4/c1-15-6-12-14-7(15)4-5-11-10(19)13-8(16)2-3-9(17)18/h2-3,6H,4-5H2,1H3,(H,17,18)(H2,11,13,16,19). The molecule has 1 heterocycles. The molecule has 0 saturated carbocycles. The van der Waals surface area contributed by atoms with Gasteiger partial charge in [-0.15, -0.1) is 10.2 Å². The molecule has 0 aliphatic heterocycles. The number of amides is 3. The SMILES string of the molecule is Cn1cnnc1CCNC(=O)NC(=O)C=CC(=O)O. The first kappa shape index (κ1) is 14.4. The molecule has 3 amide bonds. The van der Waals surface area contributed by atoms with Crippen LogP contribution < -0.4 is 10.6 Å². The minimum Gasteiger partial charge on any atom is -0.478 e. The number of carbonyl (C=O) groups excluding carboxylic acids is 2. The Balaban J connectivity index is 2.27. The quantitative estimate of drug-likeness (QED) is 0.577. The van der Waals surface area contributed by atoms with Crippen molar-refractivity contribution in [2.45, 2.75) is 6.42 Å². The van der Waals surface area contributed by atoms with Crippen molar-refractivity contribution in [1.82, 2.24) is 25.4 Å². The number of aliphatic carboxylic acids is 1. The number of nitrogens with one attached hydrogen (secondary N) is 2. The van der Waals surface area contributed by atoms with Gasteiger partial charge in [0.05, 0.1) is 0 Å². The second kappa shape index (κ2) is 6.89. The Bertz CT molecular complexity index is 508. The molecular formula is C10H13N5O4. The van der Waals surface area contributed by atoms with E-state index in [-0.39, 0.29) is 6.54 Å². The molecule has 9 heteroatoms. The van der Waals surface area contributed by atoms with Crippen LogP contribution >= 0.6 is 0 Å². The summed E-state index contributed by atoms with van der Waals surface area (Å²) in [6.07, 6.45) is 3.39. The number of carboxylic acid groups (broad SMARTS) is 1. The van der Waals surface area contributed by atoms with E-state index in [4.69, 9.17) is 5.11 Å². The van der Waals surface area contributed by atoms with Crippen LogP contribution in [0.15, 0.2) is 18.5 Å². The van der Waals surface area contributed by atoms with Gasteiger partial charge in [0, 0.05) is 32.2 Å². The molecule has 0 aliphatic carbocycles. The van der Waals surface area contributed by atoms with Crippen LogP contribution in [0.25, 0.3) is 0 Å². The highest BCUT2D eigenvalue weighted by atomic mass is 16.4. The summed E-state index contributed by atoms with van der Waals surface area (Å²) in [6.45, 7) is 0.272. The topological polar surface area (TPSA) is 126 Å². The molecule has 1 aromatic heterocycles. The normalized spacial score (nSPS) is 10.4. The van der Waals surface area contributed by atoms with Crippen molar-refractivity contribution in [3.05, 3.63) is 24.3 Å². The third kappa shape index (κ3) is 5.44. The lowest BCUT2D eigenvalue weighted by molar-refractivity contribution is -0.131. The van der Waals surface area contributed by atoms with Crippen LogP contribution in [0, 0.1) is 0 Å². The molecule has 0 saturated heterocycles. The monoisotopic (exact) mass is 267 g/mol. The average Bonchev–Trinajstić information content (AvgIpc) is 2.72. The molecule has 0 spiro atoms. The van der Waals surface area contributed by atoms with E-state index in [1.165, 1.54) is 6.33 Å². The van der Waals surface area contributed by atoms with E-state index in [1.54, 1.807) is 11.6 Å². The van der Waals surface area contributed by atoms with Crippen LogP contribution in [-0.2, 0) is 23.1 Å². The summed E-state index contributed by atoms with van der Waals surface area (Å²) in [5.74, 6) is -1.38. The fourth-order valence-electron chi connectivity index (χ4n) is 1.17. The summed E-state index contributed by atoms with van der Waals surface area (Å²) in [5.41, 5.74) is 0. The molecule has 0 aromatic carbocycles. The predicted octanol–water partition coefficient (Wildman–Crippen LogP) is -1.18. The Morgan fingerprint density at radius 3 is 2.74 bits per heavy atom. The number of nitrogens with zero attached hydrogens (tertiary/aromatic N) is 3. The van der Waals surface area contributed by atoms with E-state index in [2.05, 4.69) is 15.5 Å². The summed E-state index contributed by atoms with van der Waals surface area (Å²) < 4.78 is 1.71. The maximum atomic E-state index is 11.2. The third-order valence-electron chi connectivity index (χ3n) is 2.05. The fraction of sp³-hybridized carbons (Fsp3) is 0.300. The van der Waals surface area contributed by atoms with Gasteiger partial charge >= 0.3 is 12.0 Å². The first-order valence-electron chi connectivity index (χ1n) is 5.31. The van der Waals surface area contributed by atoms with Gasteiger partial charge in [0.15, 0.2) is 0 Å². The number of hydrogen-bond donors (Lipinski definition) is 3. The maximum Gasteiger partial charge on any atom is 0.328 e. The van der Waals surface area contributed by atoms with Crippen LogP contribution in [0.2, 0.25) is 0 Å². The molecule has 9 nitrogen and oxygen atoms in total. The molecular weight excluding hydrogens is 254 g/mol. The van der Waals surface area contributed by atoms with E-state index >= 15 is 0 Å². The van der Waals surface area contributed by atoms with E-state index in [0.29, 0.717) is 18.3 Å². The highest BCUT2D eigenvalue weighted by Gasteiger charge is 2.05. The van der Waals surface area contributed by atoms with Crippen LogP contribution in [0.1, 0.15) is 5.82 Å². The van der Waals surface area contributed by atoms with Crippen LogP contribution in [0.3, 0.4) is 0 Å². The Hall–Kier alpha value is -2.71. The van der Waals surface area contributed by atoms with E-state index in [1.807, 2.05) is 5.32 Å². The van der Waals surface area contributed by atoms with Gasteiger partial charge < -0.3 is 15.0 Å². The Labute approximate surface area is 108 Å². The molecule has 0 bridgehead atoms. The lowest BCUT2D eigenvalue weighted by Gasteiger charge is -2.04. The highest BCUT2D eigenvalue weighted by Crippen LogP contribution is 1.90.